The number of rotatable bonds is 2. The van der Waals surface area contributed by atoms with Crippen molar-refractivity contribution >= 4 is 27.0 Å². The zero-order valence-corrected chi connectivity index (χ0v) is 10.2. The molecule has 0 radical (unpaired) electrons. The average molecular weight is 270 g/mol. The number of pyridine rings is 1. The highest BCUT2D eigenvalue weighted by Gasteiger charge is 2.08. The monoisotopic (exact) mass is 269 g/mol. The van der Waals surface area contributed by atoms with E-state index in [9.17, 15) is 5.11 Å². The molecule has 2 aromatic heterocycles. The Morgan fingerprint density at radius 2 is 2.33 bits per heavy atom. The first-order chi connectivity index (χ1) is 7.08. The lowest BCUT2D eigenvalue weighted by atomic mass is 10.2. The lowest BCUT2D eigenvalue weighted by molar-refractivity contribution is 0.169. The molecule has 0 aliphatic heterocycles. The van der Waals surface area contributed by atoms with Gasteiger partial charge in [0.1, 0.15) is 11.0 Å². The summed E-state index contributed by atoms with van der Waals surface area (Å²) < 4.78 is 2.68. The van der Waals surface area contributed by atoms with Gasteiger partial charge >= 0.3 is 0 Å². The molecule has 5 heteroatoms. The van der Waals surface area contributed by atoms with Gasteiger partial charge in [-0.2, -0.15) is 5.10 Å². The fraction of sp³-hybridized carbons (Fsp3) is 0.400. The van der Waals surface area contributed by atoms with Crippen LogP contribution in [-0.2, 0) is 6.54 Å². The maximum atomic E-state index is 9.26. The van der Waals surface area contributed by atoms with Crippen LogP contribution in [0.15, 0.2) is 16.9 Å². The highest BCUT2D eigenvalue weighted by atomic mass is 79.9. The molecule has 0 saturated heterocycles. The Morgan fingerprint density at radius 1 is 1.60 bits per heavy atom. The zero-order chi connectivity index (χ0) is 11.0. The van der Waals surface area contributed by atoms with E-state index in [0.29, 0.717) is 6.54 Å². The van der Waals surface area contributed by atoms with E-state index in [1.807, 2.05) is 13.1 Å². The van der Waals surface area contributed by atoms with Crippen LogP contribution in [-0.4, -0.2) is 26.0 Å². The number of aliphatic hydroxyl groups is 1. The van der Waals surface area contributed by atoms with E-state index in [2.05, 4.69) is 26.0 Å². The van der Waals surface area contributed by atoms with Gasteiger partial charge in [-0.1, -0.05) is 0 Å². The first kappa shape index (κ1) is 10.6. The molecule has 2 heterocycles. The van der Waals surface area contributed by atoms with Gasteiger partial charge in [-0.25, -0.2) is 0 Å². The molecular formula is C10H12BrN3O. The summed E-state index contributed by atoms with van der Waals surface area (Å²) in [7, 11) is 0. The van der Waals surface area contributed by atoms with Crippen LogP contribution in [0.2, 0.25) is 0 Å². The second-order valence-corrected chi connectivity index (χ2v) is 4.52. The summed E-state index contributed by atoms with van der Waals surface area (Å²) in [5, 5.41) is 13.6. The summed E-state index contributed by atoms with van der Waals surface area (Å²) in [6.07, 6.45) is 3.22. The van der Waals surface area contributed by atoms with Gasteiger partial charge in [-0.3, -0.25) is 9.67 Å². The smallest absolute Gasteiger partial charge is 0.115 e. The fourth-order valence-corrected chi connectivity index (χ4v) is 1.76. The molecule has 0 aliphatic carbocycles. The maximum Gasteiger partial charge on any atom is 0.115 e. The van der Waals surface area contributed by atoms with Crippen molar-refractivity contribution in [1.29, 1.82) is 0 Å². The molecule has 0 aliphatic rings. The van der Waals surface area contributed by atoms with Gasteiger partial charge in [0, 0.05) is 10.7 Å². The van der Waals surface area contributed by atoms with Gasteiger partial charge < -0.3 is 5.11 Å². The molecule has 15 heavy (non-hydrogen) atoms. The van der Waals surface area contributed by atoms with Crippen molar-refractivity contribution < 1.29 is 5.11 Å². The molecule has 0 aromatic carbocycles. The SMILES string of the molecule is Cc1c(Br)cnc2cn(CC(C)O)nc12. The molecule has 2 aromatic rings. The second kappa shape index (κ2) is 3.90. The number of halogens is 1. The number of nitrogens with zero attached hydrogens (tertiary/aromatic N) is 3. The van der Waals surface area contributed by atoms with Crippen LogP contribution in [0.4, 0.5) is 0 Å². The summed E-state index contributed by atoms with van der Waals surface area (Å²) in [6, 6.07) is 0. The molecule has 0 fully saturated rings. The lowest BCUT2D eigenvalue weighted by Crippen LogP contribution is -2.11. The Hall–Kier alpha value is -0.940. The molecule has 80 valence electrons. The Bertz CT molecular complexity index is 493. The predicted molar refractivity (Wildman–Crippen MR) is 61.6 cm³/mol. The van der Waals surface area contributed by atoms with Crippen molar-refractivity contribution in [2.75, 3.05) is 0 Å². The first-order valence-electron chi connectivity index (χ1n) is 4.74. The van der Waals surface area contributed by atoms with Crippen LogP contribution in [0.3, 0.4) is 0 Å². The summed E-state index contributed by atoms with van der Waals surface area (Å²) in [6.45, 7) is 4.23. The summed E-state index contributed by atoms with van der Waals surface area (Å²) in [4.78, 5) is 4.26. The van der Waals surface area contributed by atoms with Gasteiger partial charge in [-0.15, -0.1) is 0 Å². The van der Waals surface area contributed by atoms with Gasteiger partial charge in [0.2, 0.25) is 0 Å². The fourth-order valence-electron chi connectivity index (χ4n) is 1.47. The highest BCUT2D eigenvalue weighted by Crippen LogP contribution is 2.22. The molecule has 1 N–H and O–H groups in total. The van der Waals surface area contributed by atoms with E-state index in [1.165, 1.54) is 0 Å². The van der Waals surface area contributed by atoms with E-state index in [1.54, 1.807) is 17.8 Å². The van der Waals surface area contributed by atoms with E-state index in [4.69, 9.17) is 0 Å². The van der Waals surface area contributed by atoms with Crippen molar-refractivity contribution in [1.82, 2.24) is 14.8 Å². The molecule has 1 unspecified atom stereocenters. The molecule has 2 rings (SSSR count). The minimum absolute atomic E-state index is 0.400. The minimum Gasteiger partial charge on any atom is -0.391 e. The number of aliphatic hydroxyl groups excluding tert-OH is 1. The van der Waals surface area contributed by atoms with Crippen molar-refractivity contribution in [3.8, 4) is 0 Å². The third-order valence-electron chi connectivity index (χ3n) is 2.22. The molecule has 0 bridgehead atoms. The number of fused-ring (bicyclic) bond motifs is 1. The Labute approximate surface area is 96.1 Å². The van der Waals surface area contributed by atoms with Crippen LogP contribution >= 0.6 is 15.9 Å². The van der Waals surface area contributed by atoms with Gasteiger partial charge in [0.15, 0.2) is 0 Å². The van der Waals surface area contributed by atoms with Crippen LogP contribution in [0.5, 0.6) is 0 Å². The zero-order valence-electron chi connectivity index (χ0n) is 8.61. The van der Waals surface area contributed by atoms with Crippen molar-refractivity contribution in [2.24, 2.45) is 0 Å². The van der Waals surface area contributed by atoms with Crippen LogP contribution in [0.1, 0.15) is 12.5 Å². The molecule has 0 amide bonds. The quantitative estimate of drug-likeness (QED) is 0.906. The average Bonchev–Trinajstić information content (AvgIpc) is 2.54. The molecule has 4 nitrogen and oxygen atoms in total. The van der Waals surface area contributed by atoms with Gasteiger partial charge in [0.25, 0.3) is 0 Å². The van der Waals surface area contributed by atoms with Crippen LogP contribution in [0, 0.1) is 6.92 Å². The lowest BCUT2D eigenvalue weighted by Gasteiger charge is -2.02. The van der Waals surface area contributed by atoms with Gasteiger partial charge in [-0.05, 0) is 35.3 Å². The van der Waals surface area contributed by atoms with Crippen molar-refractivity contribution in [3.63, 3.8) is 0 Å². The van der Waals surface area contributed by atoms with E-state index < -0.39 is 6.10 Å². The minimum atomic E-state index is -0.400. The van der Waals surface area contributed by atoms with E-state index in [0.717, 1.165) is 21.1 Å². The van der Waals surface area contributed by atoms with Crippen molar-refractivity contribution in [2.45, 2.75) is 26.5 Å². The third kappa shape index (κ3) is 2.03. The third-order valence-corrected chi connectivity index (χ3v) is 3.02. The normalized spacial score (nSPS) is 13.3. The largest absolute Gasteiger partial charge is 0.391 e. The maximum absolute atomic E-state index is 9.26. The molecular weight excluding hydrogens is 258 g/mol. The van der Waals surface area contributed by atoms with E-state index in [-0.39, 0.29) is 0 Å². The number of hydrogen-bond acceptors (Lipinski definition) is 3. The Kier molecular flexibility index (Phi) is 2.75. The molecule has 1 atom stereocenters. The predicted octanol–water partition coefficient (Wildman–Crippen LogP) is 1.88. The Morgan fingerprint density at radius 3 is 3.00 bits per heavy atom. The van der Waals surface area contributed by atoms with Crippen molar-refractivity contribution in [3.05, 3.63) is 22.4 Å². The standard InChI is InChI=1S/C10H12BrN3O/c1-6(15)4-14-5-9-10(13-14)7(2)8(11)3-12-9/h3,5-6,15H,4H2,1-2H3. The number of aromatic nitrogens is 3. The highest BCUT2D eigenvalue weighted by molar-refractivity contribution is 9.10. The number of hydrogen-bond donors (Lipinski definition) is 1. The Balaban J connectivity index is 2.51. The summed E-state index contributed by atoms with van der Waals surface area (Å²) >= 11 is 3.42. The van der Waals surface area contributed by atoms with Crippen LogP contribution < -0.4 is 0 Å². The van der Waals surface area contributed by atoms with Crippen LogP contribution in [0.25, 0.3) is 11.0 Å². The first-order valence-corrected chi connectivity index (χ1v) is 5.53. The summed E-state index contributed by atoms with van der Waals surface area (Å²) in [5.41, 5.74) is 2.81. The second-order valence-electron chi connectivity index (χ2n) is 3.67. The molecule has 0 saturated carbocycles. The molecule has 0 spiro atoms. The van der Waals surface area contributed by atoms with Gasteiger partial charge in [0.05, 0.1) is 18.8 Å². The van der Waals surface area contributed by atoms with E-state index >= 15 is 0 Å². The topological polar surface area (TPSA) is 50.9 Å². The number of aryl methyl sites for hydroxylation is 1. The summed E-state index contributed by atoms with van der Waals surface area (Å²) in [5.74, 6) is 0.